The molecule has 1 aromatic carbocycles. The van der Waals surface area contributed by atoms with E-state index in [9.17, 15) is 0 Å². The van der Waals surface area contributed by atoms with Crippen molar-refractivity contribution in [2.45, 2.75) is 104 Å². The number of thiophene rings is 2. The summed E-state index contributed by atoms with van der Waals surface area (Å²) < 4.78 is 4.98. The van der Waals surface area contributed by atoms with Crippen LogP contribution in [0.2, 0.25) is 0 Å². The van der Waals surface area contributed by atoms with Crippen molar-refractivity contribution in [2.24, 2.45) is 0 Å². The van der Waals surface area contributed by atoms with E-state index in [0.717, 1.165) is 31.4 Å². The van der Waals surface area contributed by atoms with Gasteiger partial charge in [-0.3, -0.25) is 0 Å². The first kappa shape index (κ1) is 26.5. The summed E-state index contributed by atoms with van der Waals surface area (Å²) in [7, 11) is 0. The number of benzene rings is 1. The van der Waals surface area contributed by atoms with E-state index in [-0.39, 0.29) is 0 Å². The van der Waals surface area contributed by atoms with Gasteiger partial charge >= 0.3 is 0 Å². The summed E-state index contributed by atoms with van der Waals surface area (Å²) in [5, 5.41) is 2.49. The van der Waals surface area contributed by atoms with Crippen molar-refractivity contribution in [3.63, 3.8) is 0 Å². The van der Waals surface area contributed by atoms with E-state index < -0.39 is 0 Å². The second-order valence-corrected chi connectivity index (χ2v) is 14.3. The molecule has 0 atom stereocenters. The third kappa shape index (κ3) is 6.41. The van der Waals surface area contributed by atoms with Gasteiger partial charge in [-0.05, 0) is 69.7 Å². The van der Waals surface area contributed by atoms with E-state index in [2.05, 4.69) is 57.8 Å². The van der Waals surface area contributed by atoms with Gasteiger partial charge in [0.1, 0.15) is 0 Å². The molecular weight excluding hydrogens is 588 g/mol. The highest BCUT2D eigenvalue weighted by molar-refractivity contribution is 9.11. The average molecular weight is 625 g/mol. The molecule has 3 heterocycles. The van der Waals surface area contributed by atoms with Crippen LogP contribution in [0.4, 0.5) is 0 Å². The maximum Gasteiger partial charge on any atom is 0.0984 e. The zero-order valence-electron chi connectivity index (χ0n) is 20.5. The fourth-order valence-corrected chi connectivity index (χ4v) is 8.20. The third-order valence-corrected chi connectivity index (χ3v) is 10.1. The molecule has 184 valence electrons. The summed E-state index contributed by atoms with van der Waals surface area (Å²) in [6.07, 6.45) is 17.9. The topological polar surface area (TPSA) is 25.8 Å². The maximum atomic E-state index is 5.35. The number of unbranched alkanes of at least 4 members (excludes halogenated alkanes) is 10. The monoisotopic (exact) mass is 622 g/mol. The molecule has 3 aromatic heterocycles. The van der Waals surface area contributed by atoms with Crippen LogP contribution in [0, 0.1) is 0 Å². The number of aromatic nitrogens is 2. The minimum absolute atomic E-state index is 1.05. The van der Waals surface area contributed by atoms with Crippen molar-refractivity contribution in [1.29, 1.82) is 0 Å². The van der Waals surface area contributed by atoms with Crippen molar-refractivity contribution in [2.75, 3.05) is 0 Å². The predicted octanol–water partition coefficient (Wildman–Crippen LogP) is 11.4. The lowest BCUT2D eigenvalue weighted by Crippen LogP contribution is -2.04. The lowest BCUT2D eigenvalue weighted by atomic mass is 10.0. The highest BCUT2D eigenvalue weighted by Gasteiger charge is 2.18. The van der Waals surface area contributed by atoms with Crippen LogP contribution in [0.15, 0.2) is 19.7 Å². The highest BCUT2D eigenvalue weighted by Crippen LogP contribution is 2.44. The minimum Gasteiger partial charge on any atom is -0.249 e. The van der Waals surface area contributed by atoms with Crippen LogP contribution in [0.5, 0.6) is 0 Å². The number of fused-ring (bicyclic) bond motifs is 6. The van der Waals surface area contributed by atoms with Gasteiger partial charge in [0, 0.05) is 10.8 Å². The quantitative estimate of drug-likeness (QED) is 0.131. The first-order valence-electron chi connectivity index (χ1n) is 13.1. The zero-order valence-corrected chi connectivity index (χ0v) is 25.3. The number of hydrogen-bond donors (Lipinski definition) is 0. The Labute approximate surface area is 229 Å². The SMILES string of the molecule is CCCCCCCCc1nc2c3cc(Br)sc3c3sc(Br)cc3c2nc1CCCCCCCC. The summed E-state index contributed by atoms with van der Waals surface area (Å²) in [6.45, 7) is 4.57. The summed E-state index contributed by atoms with van der Waals surface area (Å²) in [5.41, 5.74) is 4.66. The second-order valence-electron chi connectivity index (χ2n) is 9.44. The van der Waals surface area contributed by atoms with Gasteiger partial charge in [-0.1, -0.05) is 78.1 Å². The first-order chi connectivity index (χ1) is 16.6. The Balaban J connectivity index is 1.66. The Morgan fingerprint density at radius 3 is 1.38 bits per heavy atom. The second kappa shape index (κ2) is 13.1. The van der Waals surface area contributed by atoms with Crippen LogP contribution < -0.4 is 0 Å². The van der Waals surface area contributed by atoms with Crippen molar-refractivity contribution in [3.05, 3.63) is 31.1 Å². The minimum atomic E-state index is 1.05. The summed E-state index contributed by atoms with van der Waals surface area (Å²) in [5.74, 6) is 0. The molecule has 4 rings (SSSR count). The van der Waals surface area contributed by atoms with Gasteiger partial charge in [0.15, 0.2) is 0 Å². The molecule has 2 nitrogen and oxygen atoms in total. The Morgan fingerprint density at radius 2 is 0.971 bits per heavy atom. The van der Waals surface area contributed by atoms with Crippen molar-refractivity contribution in [1.82, 2.24) is 9.97 Å². The Kier molecular flexibility index (Phi) is 10.2. The molecule has 0 spiro atoms. The molecule has 0 radical (unpaired) electrons. The number of nitrogens with zero attached hydrogens (tertiary/aromatic N) is 2. The Hall–Kier alpha value is -0.560. The molecule has 0 unspecified atom stereocenters. The molecule has 34 heavy (non-hydrogen) atoms. The van der Waals surface area contributed by atoms with E-state index in [1.165, 1.54) is 109 Å². The van der Waals surface area contributed by atoms with Crippen molar-refractivity contribution >= 4 is 85.7 Å². The highest BCUT2D eigenvalue weighted by atomic mass is 79.9. The smallest absolute Gasteiger partial charge is 0.0984 e. The molecule has 0 amide bonds. The van der Waals surface area contributed by atoms with Gasteiger partial charge < -0.3 is 0 Å². The molecule has 0 N–H and O–H groups in total. The molecule has 0 fully saturated rings. The van der Waals surface area contributed by atoms with Crippen LogP contribution in [-0.4, -0.2) is 9.97 Å². The largest absolute Gasteiger partial charge is 0.249 e. The fraction of sp³-hybridized carbons (Fsp3) is 0.571. The van der Waals surface area contributed by atoms with E-state index >= 15 is 0 Å². The summed E-state index contributed by atoms with van der Waals surface area (Å²) in [4.78, 5) is 10.7. The van der Waals surface area contributed by atoms with Gasteiger partial charge in [0.05, 0.1) is 39.4 Å². The molecule has 0 saturated heterocycles. The Bertz CT molecular complexity index is 1130. The predicted molar refractivity (Wildman–Crippen MR) is 160 cm³/mol. The molecule has 6 heteroatoms. The van der Waals surface area contributed by atoms with Crippen molar-refractivity contribution < 1.29 is 0 Å². The van der Waals surface area contributed by atoms with Gasteiger partial charge in [-0.2, -0.15) is 0 Å². The average Bonchev–Trinajstić information content (AvgIpc) is 3.41. The van der Waals surface area contributed by atoms with Crippen LogP contribution >= 0.6 is 54.5 Å². The van der Waals surface area contributed by atoms with Crippen LogP contribution in [0.1, 0.15) is 102 Å². The van der Waals surface area contributed by atoms with Crippen LogP contribution in [0.25, 0.3) is 31.2 Å². The number of halogens is 2. The molecule has 0 saturated carbocycles. The van der Waals surface area contributed by atoms with Crippen molar-refractivity contribution in [3.8, 4) is 0 Å². The molecule has 0 aliphatic carbocycles. The molecule has 4 aromatic rings. The molecule has 0 aliphatic heterocycles. The van der Waals surface area contributed by atoms with Gasteiger partial charge in [-0.15, -0.1) is 22.7 Å². The van der Waals surface area contributed by atoms with Gasteiger partial charge in [0.25, 0.3) is 0 Å². The lowest BCUT2D eigenvalue weighted by Gasteiger charge is -2.12. The normalized spacial score (nSPS) is 12.0. The molecule has 0 aliphatic rings. The maximum absolute atomic E-state index is 5.35. The van der Waals surface area contributed by atoms with E-state index in [1.807, 2.05) is 22.7 Å². The van der Waals surface area contributed by atoms with Crippen LogP contribution in [0.3, 0.4) is 0 Å². The van der Waals surface area contributed by atoms with Gasteiger partial charge in [-0.25, -0.2) is 9.97 Å². The first-order valence-corrected chi connectivity index (χ1v) is 16.3. The third-order valence-electron chi connectivity index (χ3n) is 6.71. The van der Waals surface area contributed by atoms with Gasteiger partial charge in [0.2, 0.25) is 0 Å². The Morgan fingerprint density at radius 1 is 0.588 bits per heavy atom. The molecule has 0 bridgehead atoms. The lowest BCUT2D eigenvalue weighted by molar-refractivity contribution is 0.593. The summed E-state index contributed by atoms with van der Waals surface area (Å²) >= 11 is 11.1. The fourth-order valence-electron chi connectivity index (χ4n) is 4.84. The zero-order chi connectivity index (χ0) is 23.9. The summed E-state index contributed by atoms with van der Waals surface area (Å²) in [6, 6.07) is 4.48. The number of aryl methyl sites for hydroxylation is 2. The number of hydrogen-bond acceptors (Lipinski definition) is 4. The van der Waals surface area contributed by atoms with E-state index in [0.29, 0.717) is 0 Å². The van der Waals surface area contributed by atoms with E-state index in [4.69, 9.17) is 9.97 Å². The standard InChI is InChI=1S/C28H36Br2N2S2/c1-3-5-7-9-11-13-15-21-22(16-14-12-10-8-6-4-2)32-26-20-18-24(30)34-28(20)27-19(25(26)31-21)17-23(29)33-27/h17-18H,3-16H2,1-2H3. The molecular formula is C28H36Br2N2S2. The number of rotatable bonds is 14. The van der Waals surface area contributed by atoms with Crippen LogP contribution in [-0.2, 0) is 12.8 Å². The van der Waals surface area contributed by atoms with E-state index in [1.54, 1.807) is 0 Å².